The van der Waals surface area contributed by atoms with Gasteiger partial charge in [-0.2, -0.15) is 0 Å². The second kappa shape index (κ2) is 8.76. The van der Waals surface area contributed by atoms with Crippen LogP contribution in [0.3, 0.4) is 0 Å². The summed E-state index contributed by atoms with van der Waals surface area (Å²) >= 11 is 0. The summed E-state index contributed by atoms with van der Waals surface area (Å²) in [5.74, 6) is 0.181. The molecule has 2 N–H and O–H groups in total. The van der Waals surface area contributed by atoms with Crippen LogP contribution >= 0.6 is 0 Å². The summed E-state index contributed by atoms with van der Waals surface area (Å²) in [7, 11) is 0. The fourth-order valence-corrected chi connectivity index (χ4v) is 2.57. The molecule has 3 aromatic rings. The van der Waals surface area contributed by atoms with E-state index < -0.39 is 0 Å². The molecule has 0 saturated carbocycles. The maximum absolute atomic E-state index is 12.6. The largest absolute Gasteiger partial charge is 0.326 e. The van der Waals surface area contributed by atoms with Crippen molar-refractivity contribution in [1.29, 1.82) is 0 Å². The Morgan fingerprint density at radius 3 is 2.56 bits per heavy atom. The van der Waals surface area contributed by atoms with Gasteiger partial charge in [0.2, 0.25) is 5.96 Å². The number of aliphatic imine (C=N–C) groups is 1. The predicted octanol–water partition coefficient (Wildman–Crippen LogP) is 4.10. The molecule has 0 aliphatic carbocycles. The molecule has 1 amide bonds. The molecular weight excluding hydrogens is 336 g/mol. The Morgan fingerprint density at radius 2 is 1.81 bits per heavy atom. The number of aromatic nitrogens is 1. The van der Waals surface area contributed by atoms with Crippen molar-refractivity contribution < 1.29 is 4.79 Å². The van der Waals surface area contributed by atoms with Crippen LogP contribution in [0, 0.1) is 13.8 Å². The molecule has 0 fully saturated rings. The van der Waals surface area contributed by atoms with E-state index in [0.717, 1.165) is 22.5 Å². The molecule has 5 nitrogen and oxygen atoms in total. The van der Waals surface area contributed by atoms with Gasteiger partial charge in [0.05, 0.1) is 12.2 Å². The number of benzene rings is 2. The topological polar surface area (TPSA) is 66.4 Å². The molecule has 0 radical (unpaired) electrons. The van der Waals surface area contributed by atoms with Gasteiger partial charge < -0.3 is 5.32 Å². The molecule has 1 aromatic heterocycles. The molecule has 0 aliphatic rings. The Balaban J connectivity index is 1.82. The van der Waals surface area contributed by atoms with E-state index in [9.17, 15) is 4.79 Å². The molecule has 0 bridgehead atoms. The van der Waals surface area contributed by atoms with E-state index in [0.29, 0.717) is 18.1 Å². The second-order valence-corrected chi connectivity index (χ2v) is 6.25. The number of aryl methyl sites for hydroxylation is 2. The average molecular weight is 358 g/mol. The van der Waals surface area contributed by atoms with Crippen molar-refractivity contribution in [3.05, 3.63) is 95.3 Å². The van der Waals surface area contributed by atoms with E-state index in [1.807, 2.05) is 74.5 Å². The third-order valence-electron chi connectivity index (χ3n) is 4.04. The van der Waals surface area contributed by atoms with Gasteiger partial charge in [-0.15, -0.1) is 0 Å². The number of guanidine groups is 1. The third-order valence-corrected chi connectivity index (χ3v) is 4.04. The minimum atomic E-state index is -0.209. The SMILES string of the molecule is Cc1cccc(C(=O)NC(=NCc2ccccn2)Nc2ccccc2C)c1. The van der Waals surface area contributed by atoms with Crippen molar-refractivity contribution in [1.82, 2.24) is 10.3 Å². The summed E-state index contributed by atoms with van der Waals surface area (Å²) < 4.78 is 0. The van der Waals surface area contributed by atoms with Gasteiger partial charge in [0.15, 0.2) is 0 Å². The van der Waals surface area contributed by atoms with Gasteiger partial charge in [-0.25, -0.2) is 4.99 Å². The lowest BCUT2D eigenvalue weighted by Crippen LogP contribution is -2.36. The van der Waals surface area contributed by atoms with E-state index >= 15 is 0 Å². The second-order valence-electron chi connectivity index (χ2n) is 6.25. The molecule has 27 heavy (non-hydrogen) atoms. The Bertz CT molecular complexity index is 951. The standard InChI is InChI=1S/C22H22N4O/c1-16-8-7-10-18(14-16)21(27)26-22(24-15-19-11-5-6-13-23-19)25-20-12-4-3-9-17(20)2/h3-14H,15H2,1-2H3,(H2,24,25,26,27). The smallest absolute Gasteiger partial charge is 0.257 e. The monoisotopic (exact) mass is 358 g/mol. The number of nitrogens with one attached hydrogen (secondary N) is 2. The Morgan fingerprint density at radius 1 is 1.00 bits per heavy atom. The highest BCUT2D eigenvalue weighted by Gasteiger charge is 2.10. The molecule has 0 spiro atoms. The lowest BCUT2D eigenvalue weighted by molar-refractivity contribution is 0.0977. The number of pyridine rings is 1. The molecule has 0 atom stereocenters. The molecular formula is C22H22N4O. The summed E-state index contributed by atoms with van der Waals surface area (Å²) in [5.41, 5.74) is 4.40. The maximum atomic E-state index is 12.6. The van der Waals surface area contributed by atoms with Gasteiger partial charge in [-0.1, -0.05) is 42.0 Å². The van der Waals surface area contributed by atoms with Crippen molar-refractivity contribution in [2.24, 2.45) is 4.99 Å². The molecule has 5 heteroatoms. The minimum absolute atomic E-state index is 0.209. The predicted molar refractivity (Wildman–Crippen MR) is 109 cm³/mol. The van der Waals surface area contributed by atoms with Crippen LogP contribution in [0.4, 0.5) is 5.69 Å². The van der Waals surface area contributed by atoms with Crippen LogP contribution in [0.15, 0.2) is 77.9 Å². The number of nitrogens with zero attached hydrogens (tertiary/aromatic N) is 2. The molecule has 0 unspecified atom stereocenters. The number of hydrogen-bond acceptors (Lipinski definition) is 3. The van der Waals surface area contributed by atoms with Crippen LogP contribution in [0.25, 0.3) is 0 Å². The first-order valence-corrected chi connectivity index (χ1v) is 8.77. The lowest BCUT2D eigenvalue weighted by atomic mass is 10.1. The Labute approximate surface area is 159 Å². The zero-order valence-electron chi connectivity index (χ0n) is 15.4. The lowest BCUT2D eigenvalue weighted by Gasteiger charge is -2.13. The zero-order valence-corrected chi connectivity index (χ0v) is 15.4. The van der Waals surface area contributed by atoms with Crippen LogP contribution in [-0.2, 0) is 6.54 Å². The molecule has 3 rings (SSSR count). The zero-order chi connectivity index (χ0) is 19.1. The van der Waals surface area contributed by atoms with Crippen LogP contribution < -0.4 is 10.6 Å². The number of anilines is 1. The van der Waals surface area contributed by atoms with Crippen LogP contribution in [-0.4, -0.2) is 16.9 Å². The van der Waals surface area contributed by atoms with E-state index in [2.05, 4.69) is 20.6 Å². The molecule has 0 saturated heterocycles. The van der Waals surface area contributed by atoms with E-state index in [1.54, 1.807) is 12.3 Å². The van der Waals surface area contributed by atoms with Crippen molar-refractivity contribution >= 4 is 17.6 Å². The minimum Gasteiger partial charge on any atom is -0.326 e. The summed E-state index contributed by atoms with van der Waals surface area (Å²) in [5, 5.41) is 6.10. The van der Waals surface area contributed by atoms with Crippen LogP contribution in [0.2, 0.25) is 0 Å². The highest BCUT2D eigenvalue weighted by molar-refractivity contribution is 6.10. The van der Waals surface area contributed by atoms with Gasteiger partial charge in [0.1, 0.15) is 0 Å². The average Bonchev–Trinajstić information content (AvgIpc) is 2.68. The quantitative estimate of drug-likeness (QED) is 0.545. The van der Waals surface area contributed by atoms with E-state index in [-0.39, 0.29) is 5.91 Å². The summed E-state index contributed by atoms with van der Waals surface area (Å²) in [6.45, 7) is 4.32. The van der Waals surface area contributed by atoms with Crippen LogP contribution in [0.5, 0.6) is 0 Å². The molecule has 2 aromatic carbocycles. The van der Waals surface area contributed by atoms with Crippen molar-refractivity contribution in [2.45, 2.75) is 20.4 Å². The summed E-state index contributed by atoms with van der Waals surface area (Å²) in [6, 6.07) is 21.0. The summed E-state index contributed by atoms with van der Waals surface area (Å²) in [6.07, 6.45) is 1.73. The first-order chi connectivity index (χ1) is 13.1. The fourth-order valence-electron chi connectivity index (χ4n) is 2.57. The number of carbonyl (C=O) groups is 1. The van der Waals surface area contributed by atoms with Crippen molar-refractivity contribution in [2.75, 3.05) is 5.32 Å². The normalized spacial score (nSPS) is 11.1. The molecule has 136 valence electrons. The van der Waals surface area contributed by atoms with Gasteiger partial charge in [0, 0.05) is 17.4 Å². The third kappa shape index (κ3) is 5.25. The maximum Gasteiger partial charge on any atom is 0.257 e. The number of para-hydroxylation sites is 1. The van der Waals surface area contributed by atoms with E-state index in [4.69, 9.17) is 0 Å². The Hall–Kier alpha value is -3.47. The fraction of sp³-hybridized carbons (Fsp3) is 0.136. The van der Waals surface area contributed by atoms with E-state index in [1.165, 1.54) is 0 Å². The van der Waals surface area contributed by atoms with Crippen molar-refractivity contribution in [3.63, 3.8) is 0 Å². The van der Waals surface area contributed by atoms with Crippen LogP contribution in [0.1, 0.15) is 27.2 Å². The van der Waals surface area contributed by atoms with Crippen molar-refractivity contribution in [3.8, 4) is 0 Å². The van der Waals surface area contributed by atoms with Gasteiger partial charge >= 0.3 is 0 Å². The number of amides is 1. The van der Waals surface area contributed by atoms with Gasteiger partial charge in [0.25, 0.3) is 5.91 Å². The first kappa shape index (κ1) is 18.3. The molecule has 0 aliphatic heterocycles. The number of hydrogen-bond donors (Lipinski definition) is 2. The Kier molecular flexibility index (Phi) is 5.94. The van der Waals surface area contributed by atoms with Gasteiger partial charge in [-0.3, -0.25) is 15.1 Å². The summed E-state index contributed by atoms with van der Waals surface area (Å²) in [4.78, 5) is 21.5. The first-order valence-electron chi connectivity index (χ1n) is 8.77. The highest BCUT2D eigenvalue weighted by Crippen LogP contribution is 2.13. The number of carbonyl (C=O) groups excluding carboxylic acids is 1. The molecule has 1 heterocycles. The highest BCUT2D eigenvalue weighted by atomic mass is 16.1. The number of rotatable bonds is 4. The van der Waals surface area contributed by atoms with Gasteiger partial charge in [-0.05, 0) is 49.7 Å².